The van der Waals surface area contributed by atoms with E-state index in [1.54, 1.807) is 17.0 Å². The predicted molar refractivity (Wildman–Crippen MR) is 110 cm³/mol. The third-order valence-electron chi connectivity index (χ3n) is 4.67. The Morgan fingerprint density at radius 1 is 1.07 bits per heavy atom. The van der Waals surface area contributed by atoms with Crippen LogP contribution >= 0.6 is 11.3 Å². The number of phenols is 1. The number of rotatable bonds is 3. The van der Waals surface area contributed by atoms with E-state index in [9.17, 15) is 10.2 Å². The molecule has 1 aliphatic rings. The second kappa shape index (κ2) is 6.55. The molecule has 136 valence electrons. The zero-order valence-electron chi connectivity index (χ0n) is 15.0. The molecule has 4 rings (SSSR count). The van der Waals surface area contributed by atoms with Crippen molar-refractivity contribution in [2.24, 2.45) is 0 Å². The van der Waals surface area contributed by atoms with Crippen molar-refractivity contribution < 1.29 is 10.2 Å². The molecular weight excluding hydrogens is 358 g/mol. The van der Waals surface area contributed by atoms with Crippen molar-refractivity contribution in [1.29, 1.82) is 5.41 Å². The van der Waals surface area contributed by atoms with Crippen molar-refractivity contribution in [3.63, 3.8) is 0 Å². The summed E-state index contributed by atoms with van der Waals surface area (Å²) in [7, 11) is 0. The number of aliphatic hydroxyl groups excluding tert-OH is 1. The maximum Gasteiger partial charge on any atom is 0.139 e. The zero-order chi connectivity index (χ0) is 19.1. The summed E-state index contributed by atoms with van der Waals surface area (Å²) in [4.78, 5) is 7.41. The summed E-state index contributed by atoms with van der Waals surface area (Å²) in [5, 5.41) is 29.7. The van der Waals surface area contributed by atoms with Crippen molar-refractivity contribution in [2.45, 2.75) is 13.8 Å². The summed E-state index contributed by atoms with van der Waals surface area (Å²) in [5.74, 6) is 0.474. The fourth-order valence-electron chi connectivity index (χ4n) is 3.16. The van der Waals surface area contributed by atoms with Crippen LogP contribution in [-0.4, -0.2) is 27.6 Å². The molecule has 2 heterocycles. The van der Waals surface area contributed by atoms with Crippen molar-refractivity contribution in [2.75, 3.05) is 11.4 Å². The SMILES string of the molecule is Cc1ccc(N2CC(O)=C(c3nc(-c4ccccc4)c(C)s3)C2=N)cc1O. The van der Waals surface area contributed by atoms with E-state index in [1.165, 1.54) is 11.3 Å². The Morgan fingerprint density at radius 2 is 1.81 bits per heavy atom. The van der Waals surface area contributed by atoms with Gasteiger partial charge in [0.15, 0.2) is 0 Å². The van der Waals surface area contributed by atoms with Crippen LogP contribution in [0, 0.1) is 19.3 Å². The van der Waals surface area contributed by atoms with Gasteiger partial charge >= 0.3 is 0 Å². The maximum absolute atomic E-state index is 10.5. The lowest BCUT2D eigenvalue weighted by molar-refractivity contribution is 0.411. The summed E-state index contributed by atoms with van der Waals surface area (Å²) in [6.07, 6.45) is 0. The maximum atomic E-state index is 10.5. The number of aromatic nitrogens is 1. The first-order valence-corrected chi connectivity index (χ1v) is 9.38. The predicted octanol–water partition coefficient (Wildman–Crippen LogP) is 4.90. The van der Waals surface area contributed by atoms with Crippen molar-refractivity contribution in [3.05, 3.63) is 69.7 Å². The highest BCUT2D eigenvalue weighted by Gasteiger charge is 2.32. The first-order valence-electron chi connectivity index (χ1n) is 8.57. The van der Waals surface area contributed by atoms with Crippen LogP contribution < -0.4 is 4.90 Å². The standard InChI is InChI=1S/C21H19N3O2S/c1-12-8-9-15(10-16(12)25)24-11-17(26)18(20(24)22)21-23-19(13(2)27-21)14-6-4-3-5-7-14/h3-10,22,25-26H,11H2,1-2H3. The zero-order valence-corrected chi connectivity index (χ0v) is 15.8. The number of thiazole rings is 1. The van der Waals surface area contributed by atoms with Gasteiger partial charge in [0.25, 0.3) is 0 Å². The fourth-order valence-corrected chi connectivity index (χ4v) is 4.16. The molecule has 3 N–H and O–H groups in total. The third-order valence-corrected chi connectivity index (χ3v) is 5.65. The fraction of sp³-hybridized carbons (Fsp3) is 0.143. The minimum atomic E-state index is 0.119. The van der Waals surface area contributed by atoms with Gasteiger partial charge in [-0.15, -0.1) is 11.3 Å². The van der Waals surface area contributed by atoms with Gasteiger partial charge in [-0.2, -0.15) is 0 Å². The van der Waals surface area contributed by atoms with E-state index in [0.717, 1.165) is 21.7 Å². The minimum Gasteiger partial charge on any atom is -0.510 e. The molecular formula is C21H19N3O2S. The summed E-state index contributed by atoms with van der Waals surface area (Å²) >= 11 is 1.47. The lowest BCUT2D eigenvalue weighted by Crippen LogP contribution is -2.25. The van der Waals surface area contributed by atoms with E-state index < -0.39 is 0 Å². The smallest absolute Gasteiger partial charge is 0.139 e. The second-order valence-corrected chi connectivity index (χ2v) is 7.72. The number of nitrogens with zero attached hydrogens (tertiary/aromatic N) is 2. The second-order valence-electron chi connectivity index (χ2n) is 6.52. The van der Waals surface area contributed by atoms with Gasteiger partial charge in [-0.25, -0.2) is 4.98 Å². The molecule has 5 nitrogen and oxygen atoms in total. The van der Waals surface area contributed by atoms with Gasteiger partial charge in [0.2, 0.25) is 0 Å². The molecule has 0 fully saturated rings. The van der Waals surface area contributed by atoms with Crippen molar-refractivity contribution >= 4 is 28.4 Å². The quantitative estimate of drug-likeness (QED) is 0.606. The van der Waals surface area contributed by atoms with Crippen LogP contribution in [0.15, 0.2) is 54.3 Å². The Balaban J connectivity index is 1.69. The largest absolute Gasteiger partial charge is 0.510 e. The minimum absolute atomic E-state index is 0.119. The molecule has 0 unspecified atom stereocenters. The number of amidine groups is 1. The van der Waals surface area contributed by atoms with Gasteiger partial charge in [0.05, 0.1) is 17.8 Å². The molecule has 0 saturated carbocycles. The highest BCUT2D eigenvalue weighted by molar-refractivity contribution is 7.13. The van der Waals surface area contributed by atoms with Gasteiger partial charge in [0.1, 0.15) is 22.4 Å². The molecule has 0 aliphatic carbocycles. The highest BCUT2D eigenvalue weighted by Crippen LogP contribution is 2.37. The molecule has 0 radical (unpaired) electrons. The molecule has 1 aromatic heterocycles. The molecule has 3 aromatic rings. The number of hydrogen-bond donors (Lipinski definition) is 3. The lowest BCUT2D eigenvalue weighted by atomic mass is 10.1. The highest BCUT2D eigenvalue weighted by atomic mass is 32.1. The number of hydrogen-bond acceptors (Lipinski definition) is 5. The Labute approximate surface area is 161 Å². The number of benzene rings is 2. The molecule has 0 amide bonds. The third kappa shape index (κ3) is 2.98. The number of aromatic hydroxyl groups is 1. The number of phenolic OH excluding ortho intramolecular Hbond substituents is 1. The average Bonchev–Trinajstić information content (AvgIpc) is 3.17. The summed E-state index contributed by atoms with van der Waals surface area (Å²) < 4.78 is 0. The van der Waals surface area contributed by atoms with Crippen molar-refractivity contribution in [3.8, 4) is 17.0 Å². The van der Waals surface area contributed by atoms with E-state index in [2.05, 4.69) is 0 Å². The summed E-state index contributed by atoms with van der Waals surface area (Å²) in [6, 6.07) is 15.1. The number of aliphatic hydroxyl groups is 1. The first-order chi connectivity index (χ1) is 13.0. The van der Waals surface area contributed by atoms with Gasteiger partial charge in [0, 0.05) is 22.2 Å². The van der Waals surface area contributed by atoms with Crippen molar-refractivity contribution in [1.82, 2.24) is 4.98 Å². The van der Waals surface area contributed by atoms with Gasteiger partial charge in [-0.1, -0.05) is 36.4 Å². The van der Waals surface area contributed by atoms with Crippen LogP contribution in [-0.2, 0) is 0 Å². The Morgan fingerprint density at radius 3 is 2.52 bits per heavy atom. The number of aryl methyl sites for hydroxylation is 2. The first kappa shape index (κ1) is 17.3. The van der Waals surface area contributed by atoms with Gasteiger partial charge < -0.3 is 15.1 Å². The van der Waals surface area contributed by atoms with E-state index in [1.807, 2.05) is 50.2 Å². The summed E-state index contributed by atoms with van der Waals surface area (Å²) in [6.45, 7) is 4.00. The Hall–Kier alpha value is -3.12. The lowest BCUT2D eigenvalue weighted by Gasteiger charge is -2.19. The molecule has 1 aliphatic heterocycles. The monoisotopic (exact) mass is 377 g/mol. The molecule has 6 heteroatoms. The molecule has 0 bridgehead atoms. The molecule has 27 heavy (non-hydrogen) atoms. The van der Waals surface area contributed by atoms with Gasteiger partial charge in [-0.3, -0.25) is 5.41 Å². The average molecular weight is 377 g/mol. The van der Waals surface area contributed by atoms with Crippen LogP contribution in [0.1, 0.15) is 15.4 Å². The molecule has 0 saturated heterocycles. The van der Waals surface area contributed by atoms with Crippen LogP contribution in [0.25, 0.3) is 16.8 Å². The normalized spacial score (nSPS) is 14.3. The number of anilines is 1. The van der Waals surface area contributed by atoms with E-state index >= 15 is 0 Å². The Kier molecular flexibility index (Phi) is 4.20. The Bertz CT molecular complexity index is 1070. The molecule has 0 atom stereocenters. The number of nitrogens with one attached hydrogen (secondary N) is 1. The van der Waals surface area contributed by atoms with Gasteiger partial charge in [-0.05, 0) is 25.5 Å². The van der Waals surface area contributed by atoms with E-state index in [4.69, 9.17) is 10.4 Å². The van der Waals surface area contributed by atoms with Crippen LogP contribution in [0.4, 0.5) is 5.69 Å². The van der Waals surface area contributed by atoms with Crippen LogP contribution in [0.3, 0.4) is 0 Å². The van der Waals surface area contributed by atoms with Crippen LogP contribution in [0.5, 0.6) is 5.75 Å². The van der Waals surface area contributed by atoms with E-state index in [-0.39, 0.29) is 23.9 Å². The van der Waals surface area contributed by atoms with E-state index in [0.29, 0.717) is 16.3 Å². The molecule has 0 spiro atoms. The topological polar surface area (TPSA) is 80.4 Å². The molecule has 2 aromatic carbocycles. The summed E-state index contributed by atoms with van der Waals surface area (Å²) in [5.41, 5.74) is 3.77. The van der Waals surface area contributed by atoms with Crippen LogP contribution in [0.2, 0.25) is 0 Å².